The van der Waals surface area contributed by atoms with Gasteiger partial charge in [0.1, 0.15) is 10.4 Å². The number of unbranched alkanes of at least 4 members (excludes halogenated alkanes) is 1. The Bertz CT molecular complexity index is 757. The second kappa shape index (κ2) is 8.39. The third-order valence-electron chi connectivity index (χ3n) is 3.74. The molecule has 26 heavy (non-hydrogen) atoms. The third kappa shape index (κ3) is 4.26. The average molecular weight is 398 g/mol. The highest BCUT2D eigenvalue weighted by Gasteiger charge is 2.40. The van der Waals surface area contributed by atoms with Crippen molar-refractivity contribution in [1.29, 1.82) is 0 Å². The van der Waals surface area contributed by atoms with Crippen LogP contribution < -0.4 is 5.73 Å². The van der Waals surface area contributed by atoms with Gasteiger partial charge in [-0.1, -0.05) is 24.0 Å². The number of carboxylic acids is 1. The van der Waals surface area contributed by atoms with E-state index < -0.39 is 35.2 Å². The van der Waals surface area contributed by atoms with Crippen molar-refractivity contribution in [3.8, 4) is 17.2 Å². The van der Waals surface area contributed by atoms with E-state index in [1.807, 2.05) is 0 Å². The van der Waals surface area contributed by atoms with Crippen LogP contribution in [-0.4, -0.2) is 54.1 Å². The third-order valence-corrected chi connectivity index (χ3v) is 5.07. The lowest BCUT2D eigenvalue weighted by molar-refractivity contribution is -0.145. The van der Waals surface area contributed by atoms with Crippen molar-refractivity contribution in [3.63, 3.8) is 0 Å². The number of phenols is 3. The first kappa shape index (κ1) is 20.0. The van der Waals surface area contributed by atoms with E-state index >= 15 is 0 Å². The van der Waals surface area contributed by atoms with E-state index in [1.165, 1.54) is 6.08 Å². The number of amides is 1. The number of carboxylic acid groups (broad SMARTS) is 1. The number of thiocarbonyl (C=S) groups is 1. The van der Waals surface area contributed by atoms with Gasteiger partial charge in [0.05, 0.1) is 4.91 Å². The van der Waals surface area contributed by atoms with Gasteiger partial charge in [-0.05, 0) is 49.6 Å². The Morgan fingerprint density at radius 1 is 1.27 bits per heavy atom. The SMILES string of the molecule is NCCCCC(C(=O)O)N1C(=O)/C(=C/c2cc(O)c(O)c(O)c2)SC1=S. The van der Waals surface area contributed by atoms with Crippen molar-refractivity contribution in [2.45, 2.75) is 25.3 Å². The fourth-order valence-electron chi connectivity index (χ4n) is 2.45. The fraction of sp³-hybridized carbons (Fsp3) is 0.312. The molecule has 1 atom stereocenters. The molecular weight excluding hydrogens is 380 g/mol. The second-order valence-electron chi connectivity index (χ2n) is 5.60. The number of carbonyl (C=O) groups is 2. The number of thioether (sulfide) groups is 1. The molecule has 0 saturated carbocycles. The molecule has 1 saturated heterocycles. The highest BCUT2D eigenvalue weighted by Crippen LogP contribution is 2.39. The molecule has 0 spiro atoms. The summed E-state index contributed by atoms with van der Waals surface area (Å²) >= 11 is 6.09. The molecule has 0 aromatic heterocycles. The smallest absolute Gasteiger partial charge is 0.326 e. The van der Waals surface area contributed by atoms with Gasteiger partial charge in [0.2, 0.25) is 0 Å². The zero-order valence-corrected chi connectivity index (χ0v) is 15.2. The molecule has 1 aromatic carbocycles. The Balaban J connectivity index is 2.28. The summed E-state index contributed by atoms with van der Waals surface area (Å²) in [5, 5.41) is 37.9. The van der Waals surface area contributed by atoms with Crippen LogP contribution in [0, 0.1) is 0 Å². The molecule has 0 radical (unpaired) electrons. The Morgan fingerprint density at radius 2 is 1.88 bits per heavy atom. The normalized spacial score (nSPS) is 17.1. The molecule has 0 aliphatic carbocycles. The van der Waals surface area contributed by atoms with Crippen molar-refractivity contribution < 1.29 is 30.0 Å². The standard InChI is InChI=1S/C16H18N2O6S2/c17-4-2-1-3-9(15(23)24)18-14(22)12(26-16(18)25)7-8-5-10(19)13(21)11(20)6-8/h5-7,9,19-21H,1-4,17H2,(H,23,24)/b12-7-. The number of carbonyl (C=O) groups excluding carboxylic acids is 1. The van der Waals surface area contributed by atoms with Crippen molar-refractivity contribution in [1.82, 2.24) is 4.90 Å². The molecule has 0 bridgehead atoms. The average Bonchev–Trinajstić information content (AvgIpc) is 2.83. The van der Waals surface area contributed by atoms with Gasteiger partial charge in [0, 0.05) is 0 Å². The Morgan fingerprint density at radius 3 is 2.42 bits per heavy atom. The van der Waals surface area contributed by atoms with Gasteiger partial charge in [-0.25, -0.2) is 4.79 Å². The number of benzene rings is 1. The maximum absolute atomic E-state index is 12.6. The van der Waals surface area contributed by atoms with Crippen molar-refractivity contribution in [3.05, 3.63) is 22.6 Å². The van der Waals surface area contributed by atoms with Crippen molar-refractivity contribution in [2.75, 3.05) is 6.54 Å². The van der Waals surface area contributed by atoms with E-state index in [0.29, 0.717) is 19.4 Å². The van der Waals surface area contributed by atoms with E-state index in [0.717, 1.165) is 28.8 Å². The molecule has 2 rings (SSSR count). The van der Waals surface area contributed by atoms with Gasteiger partial charge in [-0.15, -0.1) is 0 Å². The lowest BCUT2D eigenvalue weighted by atomic mass is 10.1. The maximum atomic E-state index is 12.6. The molecular formula is C16H18N2O6S2. The molecule has 1 aliphatic rings. The molecule has 1 aliphatic heterocycles. The number of rotatable bonds is 7. The first-order valence-electron chi connectivity index (χ1n) is 7.71. The number of hydrogen-bond acceptors (Lipinski definition) is 8. The van der Waals surface area contributed by atoms with Crippen LogP contribution in [0.25, 0.3) is 6.08 Å². The summed E-state index contributed by atoms with van der Waals surface area (Å²) in [6.07, 6.45) is 2.77. The quantitative estimate of drug-likeness (QED) is 0.200. The van der Waals surface area contributed by atoms with Gasteiger partial charge in [0.15, 0.2) is 17.2 Å². The lowest BCUT2D eigenvalue weighted by Crippen LogP contribution is -2.43. The number of hydrogen-bond donors (Lipinski definition) is 5. The number of phenolic OH excluding ortho intramolecular Hbond substituents is 3. The molecule has 6 N–H and O–H groups in total. The van der Waals surface area contributed by atoms with E-state index in [2.05, 4.69) is 0 Å². The molecule has 10 heteroatoms. The minimum absolute atomic E-state index is 0.119. The maximum Gasteiger partial charge on any atom is 0.326 e. The predicted octanol–water partition coefficient (Wildman–Crippen LogP) is 1.59. The van der Waals surface area contributed by atoms with Crippen LogP contribution in [0.1, 0.15) is 24.8 Å². The van der Waals surface area contributed by atoms with Crippen LogP contribution in [0.4, 0.5) is 0 Å². The lowest BCUT2D eigenvalue weighted by Gasteiger charge is -2.23. The Kier molecular flexibility index (Phi) is 6.46. The van der Waals surface area contributed by atoms with Crippen LogP contribution in [0.3, 0.4) is 0 Å². The largest absolute Gasteiger partial charge is 0.504 e. The van der Waals surface area contributed by atoms with Gasteiger partial charge >= 0.3 is 5.97 Å². The van der Waals surface area contributed by atoms with Crippen LogP contribution in [0.15, 0.2) is 17.0 Å². The van der Waals surface area contributed by atoms with Crippen molar-refractivity contribution >= 4 is 46.3 Å². The van der Waals surface area contributed by atoms with Crippen LogP contribution in [0.2, 0.25) is 0 Å². The number of nitrogens with zero attached hydrogens (tertiary/aromatic N) is 1. The van der Waals surface area contributed by atoms with Crippen LogP contribution in [0.5, 0.6) is 17.2 Å². The summed E-state index contributed by atoms with van der Waals surface area (Å²) < 4.78 is 0.119. The summed E-state index contributed by atoms with van der Waals surface area (Å²) in [5.74, 6) is -3.47. The highest BCUT2D eigenvalue weighted by molar-refractivity contribution is 8.26. The summed E-state index contributed by atoms with van der Waals surface area (Å²) in [4.78, 5) is 25.4. The zero-order valence-electron chi connectivity index (χ0n) is 13.6. The Hall–Kier alpha value is -2.30. The van der Waals surface area contributed by atoms with E-state index in [4.69, 9.17) is 18.0 Å². The predicted molar refractivity (Wildman–Crippen MR) is 101 cm³/mol. The van der Waals surface area contributed by atoms with Crippen LogP contribution >= 0.6 is 24.0 Å². The highest BCUT2D eigenvalue weighted by atomic mass is 32.2. The van der Waals surface area contributed by atoms with Crippen molar-refractivity contribution in [2.24, 2.45) is 5.73 Å². The molecule has 1 fully saturated rings. The monoisotopic (exact) mass is 398 g/mol. The molecule has 1 heterocycles. The minimum Gasteiger partial charge on any atom is -0.504 e. The Labute approximate surface area is 158 Å². The van der Waals surface area contributed by atoms with Gasteiger partial charge in [0.25, 0.3) is 5.91 Å². The number of nitrogens with two attached hydrogens (primary N) is 1. The zero-order chi connectivity index (χ0) is 19.4. The summed E-state index contributed by atoms with van der Waals surface area (Å²) in [6.45, 7) is 0.429. The van der Waals surface area contributed by atoms with E-state index in [-0.39, 0.29) is 21.2 Å². The van der Waals surface area contributed by atoms with E-state index in [1.54, 1.807) is 0 Å². The first-order chi connectivity index (χ1) is 12.3. The van der Waals surface area contributed by atoms with E-state index in [9.17, 15) is 30.0 Å². The number of aliphatic carboxylic acids is 1. The molecule has 140 valence electrons. The molecule has 8 nitrogen and oxygen atoms in total. The number of aromatic hydroxyl groups is 3. The summed E-state index contributed by atoms with van der Waals surface area (Å²) in [6, 6.07) is 1.25. The van der Waals surface area contributed by atoms with Gasteiger partial charge < -0.3 is 26.2 Å². The minimum atomic E-state index is -1.15. The molecule has 1 unspecified atom stereocenters. The van der Waals surface area contributed by atoms with Gasteiger partial charge in [-0.3, -0.25) is 9.69 Å². The fourth-order valence-corrected chi connectivity index (χ4v) is 3.81. The first-order valence-corrected chi connectivity index (χ1v) is 8.93. The van der Waals surface area contributed by atoms with Crippen LogP contribution in [-0.2, 0) is 9.59 Å². The van der Waals surface area contributed by atoms with Gasteiger partial charge in [-0.2, -0.15) is 0 Å². The summed E-state index contributed by atoms with van der Waals surface area (Å²) in [5.41, 5.74) is 5.67. The second-order valence-corrected chi connectivity index (χ2v) is 7.27. The molecule has 1 aromatic rings. The summed E-state index contributed by atoms with van der Waals surface area (Å²) in [7, 11) is 0. The topological polar surface area (TPSA) is 144 Å². The molecule has 1 amide bonds.